The first-order valence-electron chi connectivity index (χ1n) is 15.5. The number of nitrogens with one attached hydrogen (secondary N) is 1. The van der Waals surface area contributed by atoms with Crippen molar-refractivity contribution in [2.75, 3.05) is 4.90 Å². The minimum Gasteiger partial charge on any atom is -0.436 e. The molecule has 0 spiro atoms. The van der Waals surface area contributed by atoms with Gasteiger partial charge in [0.1, 0.15) is 5.52 Å². The van der Waals surface area contributed by atoms with Crippen LogP contribution in [0.15, 0.2) is 149 Å². The largest absolute Gasteiger partial charge is 0.436 e. The molecule has 7 aromatic rings. The van der Waals surface area contributed by atoms with Crippen molar-refractivity contribution in [3.05, 3.63) is 150 Å². The molecule has 1 aliphatic carbocycles. The molecule has 0 saturated carbocycles. The smallest absolute Gasteiger partial charge is 0.227 e. The van der Waals surface area contributed by atoms with E-state index in [4.69, 9.17) is 9.40 Å². The van der Waals surface area contributed by atoms with E-state index in [1.165, 1.54) is 44.7 Å². The number of rotatable bonds is 3. The van der Waals surface area contributed by atoms with Crippen LogP contribution in [0.4, 0.5) is 11.4 Å². The quantitative estimate of drug-likeness (QED) is 0.226. The van der Waals surface area contributed by atoms with E-state index in [9.17, 15) is 0 Å². The third kappa shape index (κ3) is 4.02. The summed E-state index contributed by atoms with van der Waals surface area (Å²) < 4.78 is 6.24. The van der Waals surface area contributed by atoms with E-state index in [-0.39, 0.29) is 5.41 Å². The molecule has 3 heterocycles. The fourth-order valence-corrected chi connectivity index (χ4v) is 7.18. The van der Waals surface area contributed by atoms with Crippen molar-refractivity contribution in [2.45, 2.75) is 25.7 Å². The Bertz CT molecular complexity index is 2370. The molecule has 0 fully saturated rings. The highest BCUT2D eigenvalue weighted by molar-refractivity contribution is 6.12. The highest BCUT2D eigenvalue weighted by atomic mass is 16.3. The van der Waals surface area contributed by atoms with E-state index >= 15 is 0 Å². The summed E-state index contributed by atoms with van der Waals surface area (Å²) >= 11 is 0. The molecule has 1 aliphatic heterocycles. The maximum atomic E-state index is 6.24. The molecule has 4 heteroatoms. The summed E-state index contributed by atoms with van der Waals surface area (Å²) in [4.78, 5) is 10.8. The van der Waals surface area contributed by atoms with Gasteiger partial charge in [0.15, 0.2) is 5.58 Å². The second kappa shape index (κ2) is 9.70. The topological polar surface area (TPSA) is 45.1 Å². The summed E-state index contributed by atoms with van der Waals surface area (Å²) in [5.41, 5.74) is 13.5. The van der Waals surface area contributed by atoms with E-state index in [2.05, 4.69) is 127 Å². The number of hydrogen-bond acceptors (Lipinski definition) is 3. The Labute approximate surface area is 261 Å². The molecule has 2 aliphatic rings. The number of oxazole rings is 1. The van der Waals surface area contributed by atoms with Crippen LogP contribution < -0.4 is 4.90 Å². The van der Waals surface area contributed by atoms with Crippen molar-refractivity contribution >= 4 is 44.3 Å². The molecule has 0 amide bonds. The molecular weight excluding hydrogens is 550 g/mol. The Morgan fingerprint density at radius 3 is 2.33 bits per heavy atom. The van der Waals surface area contributed by atoms with Gasteiger partial charge in [0, 0.05) is 56.3 Å². The van der Waals surface area contributed by atoms with E-state index in [0.29, 0.717) is 5.89 Å². The highest BCUT2D eigenvalue weighted by Gasteiger charge is 2.38. The average Bonchev–Trinajstić information content (AvgIpc) is 3.55. The van der Waals surface area contributed by atoms with Crippen molar-refractivity contribution in [3.8, 4) is 22.6 Å². The third-order valence-electron chi connectivity index (χ3n) is 9.46. The zero-order valence-electron chi connectivity index (χ0n) is 25.2. The van der Waals surface area contributed by atoms with Gasteiger partial charge in [-0.3, -0.25) is 0 Å². The lowest BCUT2D eigenvalue weighted by Gasteiger charge is -2.43. The van der Waals surface area contributed by atoms with Gasteiger partial charge in [0.05, 0.1) is 0 Å². The van der Waals surface area contributed by atoms with E-state index in [1.54, 1.807) is 0 Å². The molecule has 5 aromatic carbocycles. The lowest BCUT2D eigenvalue weighted by atomic mass is 9.72. The van der Waals surface area contributed by atoms with Gasteiger partial charge in [-0.25, -0.2) is 4.98 Å². The lowest BCUT2D eigenvalue weighted by Crippen LogP contribution is -2.33. The molecule has 0 saturated heterocycles. The summed E-state index contributed by atoms with van der Waals surface area (Å²) in [6.07, 6.45) is 9.80. The van der Waals surface area contributed by atoms with E-state index in [0.717, 1.165) is 39.5 Å². The average molecular weight is 582 g/mol. The van der Waals surface area contributed by atoms with Crippen LogP contribution in [0.25, 0.3) is 55.5 Å². The van der Waals surface area contributed by atoms with Gasteiger partial charge < -0.3 is 14.3 Å². The molecule has 0 atom stereocenters. The van der Waals surface area contributed by atoms with Gasteiger partial charge >= 0.3 is 0 Å². The number of nitrogens with zero attached hydrogens (tertiary/aromatic N) is 2. The fraction of sp³-hybridized carbons (Fsp3) is 0.0976. The number of aromatic amines is 1. The van der Waals surface area contributed by atoms with Crippen molar-refractivity contribution in [3.63, 3.8) is 0 Å². The lowest BCUT2D eigenvalue weighted by molar-refractivity contribution is 0.615. The van der Waals surface area contributed by atoms with E-state index < -0.39 is 0 Å². The number of para-hydroxylation sites is 1. The number of allylic oxidation sites excluding steroid dienone is 5. The van der Waals surface area contributed by atoms with Gasteiger partial charge in [0.25, 0.3) is 0 Å². The van der Waals surface area contributed by atoms with Gasteiger partial charge in [-0.15, -0.1) is 0 Å². The Morgan fingerprint density at radius 2 is 1.49 bits per heavy atom. The summed E-state index contributed by atoms with van der Waals surface area (Å²) in [5.74, 6) is 0.641. The van der Waals surface area contributed by atoms with Crippen LogP contribution in [0.1, 0.15) is 25.8 Å². The maximum Gasteiger partial charge on any atom is 0.227 e. The molecule has 0 bridgehead atoms. The Kier molecular flexibility index (Phi) is 5.57. The second-order valence-corrected chi connectivity index (χ2v) is 12.5. The van der Waals surface area contributed by atoms with Crippen LogP contribution in [0.5, 0.6) is 0 Å². The van der Waals surface area contributed by atoms with Crippen LogP contribution in [-0.2, 0) is 5.41 Å². The molecule has 216 valence electrons. The zero-order valence-corrected chi connectivity index (χ0v) is 25.2. The molecule has 2 aromatic heterocycles. The number of hydrogen-bond donors (Lipinski definition) is 1. The molecule has 0 unspecified atom stereocenters. The molecular formula is C41H31N3O. The summed E-state index contributed by atoms with van der Waals surface area (Å²) in [7, 11) is 0. The van der Waals surface area contributed by atoms with Gasteiger partial charge in [-0.1, -0.05) is 86.7 Å². The van der Waals surface area contributed by atoms with Crippen LogP contribution in [0.2, 0.25) is 0 Å². The molecule has 4 nitrogen and oxygen atoms in total. The number of H-pyrrole nitrogens is 1. The van der Waals surface area contributed by atoms with Crippen LogP contribution in [-0.4, -0.2) is 9.97 Å². The van der Waals surface area contributed by atoms with Crippen LogP contribution in [0.3, 0.4) is 0 Å². The molecule has 9 rings (SSSR count). The van der Waals surface area contributed by atoms with Crippen molar-refractivity contribution in [1.82, 2.24) is 9.97 Å². The maximum absolute atomic E-state index is 6.24. The normalized spacial score (nSPS) is 15.6. The van der Waals surface area contributed by atoms with Gasteiger partial charge in [-0.05, 0) is 82.9 Å². The van der Waals surface area contributed by atoms with Crippen molar-refractivity contribution in [2.24, 2.45) is 0 Å². The first-order valence-corrected chi connectivity index (χ1v) is 15.5. The number of aromatic nitrogens is 2. The number of benzene rings is 5. The first-order chi connectivity index (χ1) is 22.0. The molecule has 1 N–H and O–H groups in total. The summed E-state index contributed by atoms with van der Waals surface area (Å²) in [5, 5.41) is 2.31. The Balaban J connectivity index is 1.18. The SMILES string of the molecule is CC1(C)C2=C(CC=CC=C2)N(c2ccccc2)c2ccc(-c3ccc4[nH]c5cc6nc(-c7ccccc7)oc6cc5c4c3)cc21. The Morgan fingerprint density at radius 1 is 0.733 bits per heavy atom. The van der Waals surface area contributed by atoms with Crippen molar-refractivity contribution in [1.29, 1.82) is 0 Å². The minimum absolute atomic E-state index is 0.159. The summed E-state index contributed by atoms with van der Waals surface area (Å²) in [6, 6.07) is 38.7. The highest BCUT2D eigenvalue weighted by Crippen LogP contribution is 2.51. The monoisotopic (exact) mass is 581 g/mol. The van der Waals surface area contributed by atoms with Gasteiger partial charge in [0.2, 0.25) is 5.89 Å². The molecule has 45 heavy (non-hydrogen) atoms. The Hall–Kier alpha value is -5.61. The fourth-order valence-electron chi connectivity index (χ4n) is 7.18. The number of anilines is 2. The third-order valence-corrected chi connectivity index (χ3v) is 9.46. The van der Waals surface area contributed by atoms with Gasteiger partial charge in [-0.2, -0.15) is 0 Å². The summed E-state index contributed by atoms with van der Waals surface area (Å²) in [6.45, 7) is 4.72. The predicted molar refractivity (Wildman–Crippen MR) is 186 cm³/mol. The second-order valence-electron chi connectivity index (χ2n) is 12.5. The van der Waals surface area contributed by atoms with E-state index in [1.807, 2.05) is 30.3 Å². The minimum atomic E-state index is -0.159. The van der Waals surface area contributed by atoms with Crippen molar-refractivity contribution < 1.29 is 4.42 Å². The molecule has 0 radical (unpaired) electrons. The van der Waals surface area contributed by atoms with Crippen LogP contribution >= 0.6 is 0 Å². The predicted octanol–water partition coefficient (Wildman–Crippen LogP) is 11.0. The standard InChI is InChI=1S/C41H31N3O/c1-41(2)32-16-10-5-11-17-37(32)44(29-14-8-4-9-15-29)38-21-19-28(23-33(38)41)27-18-20-34-30(22-27)31-24-39-36(25-35(31)42-34)43-40(45-39)26-12-6-3-7-13-26/h3-16,18-25,42H,17H2,1-2H3. The number of fused-ring (bicyclic) bond motifs is 5. The van der Waals surface area contributed by atoms with Crippen LogP contribution in [0, 0.1) is 0 Å². The first kappa shape index (κ1) is 25.8. The zero-order chi connectivity index (χ0) is 30.1.